The summed E-state index contributed by atoms with van der Waals surface area (Å²) in [6.07, 6.45) is 0.452. The largest absolute Gasteiger partial charge is 0.468 e. The van der Waals surface area contributed by atoms with Crippen molar-refractivity contribution < 1.29 is 14.3 Å². The lowest BCUT2D eigenvalue weighted by atomic mass is 9.63. The molecule has 4 nitrogen and oxygen atoms in total. The number of methoxy groups -OCH3 is 1. The summed E-state index contributed by atoms with van der Waals surface area (Å²) >= 11 is 0. The van der Waals surface area contributed by atoms with Gasteiger partial charge in [0.2, 0.25) is 0 Å². The van der Waals surface area contributed by atoms with Gasteiger partial charge in [-0.25, -0.2) is 0 Å². The Kier molecular flexibility index (Phi) is 2.42. The van der Waals surface area contributed by atoms with Crippen molar-refractivity contribution in [2.75, 3.05) is 12.8 Å². The maximum Gasteiger partial charge on any atom is 0.317 e. The van der Waals surface area contributed by atoms with Crippen LogP contribution in [0.15, 0.2) is 24.3 Å². The predicted molar refractivity (Wildman–Crippen MR) is 58.8 cm³/mol. The van der Waals surface area contributed by atoms with E-state index in [4.69, 9.17) is 10.5 Å². The maximum atomic E-state index is 11.7. The number of rotatable bonds is 2. The number of nitrogens with two attached hydrogens (primary N) is 1. The molecule has 2 rings (SSSR count). The second-order valence-corrected chi connectivity index (χ2v) is 4.09. The first-order valence-electron chi connectivity index (χ1n) is 5.04. The summed E-state index contributed by atoms with van der Waals surface area (Å²) in [6.45, 7) is 0. The number of carbonyl (C=O) groups excluding carboxylic acids is 2. The third kappa shape index (κ3) is 1.46. The van der Waals surface area contributed by atoms with Crippen molar-refractivity contribution in [3.05, 3.63) is 29.8 Å². The maximum absolute atomic E-state index is 11.7. The second kappa shape index (κ2) is 3.63. The number of anilines is 1. The molecule has 0 heterocycles. The number of nitrogen functional groups attached to an aromatic ring is 1. The summed E-state index contributed by atoms with van der Waals surface area (Å²) in [6, 6.07) is 7.00. The summed E-state index contributed by atoms with van der Waals surface area (Å²) in [7, 11) is 1.34. The molecule has 0 bridgehead atoms. The number of benzene rings is 1. The minimum absolute atomic E-state index is 0.0854. The third-order valence-electron chi connectivity index (χ3n) is 3.04. The number of esters is 1. The quantitative estimate of drug-likeness (QED) is 0.596. The van der Waals surface area contributed by atoms with E-state index in [1.165, 1.54) is 7.11 Å². The van der Waals surface area contributed by atoms with Crippen molar-refractivity contribution in [1.29, 1.82) is 0 Å². The Morgan fingerprint density at radius 2 is 1.88 bits per heavy atom. The first-order chi connectivity index (χ1) is 7.58. The lowest BCUT2D eigenvalue weighted by Gasteiger charge is -2.37. The molecule has 4 heteroatoms. The van der Waals surface area contributed by atoms with E-state index in [0.29, 0.717) is 5.69 Å². The molecule has 16 heavy (non-hydrogen) atoms. The van der Waals surface area contributed by atoms with E-state index in [1.807, 2.05) is 0 Å². The molecule has 0 aromatic heterocycles. The van der Waals surface area contributed by atoms with E-state index < -0.39 is 5.41 Å². The second-order valence-electron chi connectivity index (χ2n) is 4.09. The summed E-state index contributed by atoms with van der Waals surface area (Å²) in [5.41, 5.74) is 6.24. The Morgan fingerprint density at radius 1 is 1.31 bits per heavy atom. The van der Waals surface area contributed by atoms with Gasteiger partial charge in [-0.3, -0.25) is 9.59 Å². The molecule has 0 saturated heterocycles. The van der Waals surface area contributed by atoms with Crippen molar-refractivity contribution in [3.8, 4) is 0 Å². The normalized spacial score (nSPS) is 17.7. The number of carbonyl (C=O) groups is 2. The topological polar surface area (TPSA) is 69.4 Å². The minimum Gasteiger partial charge on any atom is -0.468 e. The minimum atomic E-state index is -0.778. The lowest BCUT2D eigenvalue weighted by Crippen LogP contribution is -2.48. The molecule has 1 saturated carbocycles. The Morgan fingerprint density at radius 3 is 2.31 bits per heavy atom. The highest BCUT2D eigenvalue weighted by Crippen LogP contribution is 2.42. The van der Waals surface area contributed by atoms with E-state index in [9.17, 15) is 9.59 Å². The van der Waals surface area contributed by atoms with E-state index in [-0.39, 0.29) is 24.6 Å². The van der Waals surface area contributed by atoms with Crippen LogP contribution >= 0.6 is 0 Å². The zero-order chi connectivity index (χ0) is 11.8. The molecule has 0 unspecified atom stereocenters. The molecule has 2 N–H and O–H groups in total. The van der Waals surface area contributed by atoms with Crippen molar-refractivity contribution in [3.63, 3.8) is 0 Å². The van der Waals surface area contributed by atoms with Gasteiger partial charge in [0.05, 0.1) is 7.11 Å². The third-order valence-corrected chi connectivity index (χ3v) is 3.04. The fourth-order valence-corrected chi connectivity index (χ4v) is 2.09. The summed E-state index contributed by atoms with van der Waals surface area (Å²) < 4.78 is 4.77. The molecule has 84 valence electrons. The van der Waals surface area contributed by atoms with Crippen molar-refractivity contribution in [1.82, 2.24) is 0 Å². The van der Waals surface area contributed by atoms with Gasteiger partial charge in [-0.2, -0.15) is 0 Å². The van der Waals surface area contributed by atoms with E-state index in [0.717, 1.165) is 5.56 Å². The highest BCUT2D eigenvalue weighted by molar-refractivity contribution is 6.02. The van der Waals surface area contributed by atoms with Gasteiger partial charge in [0, 0.05) is 18.5 Å². The smallest absolute Gasteiger partial charge is 0.317 e. The fraction of sp³-hybridized carbons (Fsp3) is 0.333. The standard InChI is InChI=1S/C12H13NO3/c1-16-11(15)12(6-10(14)7-12)8-2-4-9(13)5-3-8/h2-5H,6-7,13H2,1H3. The first kappa shape index (κ1) is 10.7. The van der Waals surface area contributed by atoms with Gasteiger partial charge in [-0.15, -0.1) is 0 Å². The van der Waals surface area contributed by atoms with Gasteiger partial charge < -0.3 is 10.5 Å². The molecule has 0 amide bonds. The number of ether oxygens (including phenoxy) is 1. The van der Waals surface area contributed by atoms with Crippen molar-refractivity contribution >= 4 is 17.4 Å². The molecule has 1 aliphatic rings. The van der Waals surface area contributed by atoms with Gasteiger partial charge in [-0.1, -0.05) is 12.1 Å². The number of Topliss-reactive ketones (excluding diaryl/α,β-unsaturated/α-hetero) is 1. The fourth-order valence-electron chi connectivity index (χ4n) is 2.09. The molecule has 0 aliphatic heterocycles. The highest BCUT2D eigenvalue weighted by atomic mass is 16.5. The Balaban J connectivity index is 2.37. The Labute approximate surface area is 93.4 Å². The van der Waals surface area contributed by atoms with Crippen LogP contribution in [0.4, 0.5) is 5.69 Å². The van der Waals surface area contributed by atoms with Crippen molar-refractivity contribution in [2.24, 2.45) is 0 Å². The molecule has 1 fully saturated rings. The van der Waals surface area contributed by atoms with Crippen LogP contribution in [0.1, 0.15) is 18.4 Å². The summed E-state index contributed by atoms with van der Waals surface area (Å²) in [5, 5.41) is 0. The number of hydrogen-bond donors (Lipinski definition) is 1. The molecule has 1 aliphatic carbocycles. The van der Waals surface area contributed by atoms with Gasteiger partial charge in [0.15, 0.2) is 0 Å². The monoisotopic (exact) mass is 219 g/mol. The average molecular weight is 219 g/mol. The first-order valence-corrected chi connectivity index (χ1v) is 5.04. The molecule has 0 radical (unpaired) electrons. The average Bonchev–Trinajstić information content (AvgIpc) is 2.25. The predicted octanol–water partition coefficient (Wildman–Crippen LogP) is 1.04. The van der Waals surface area contributed by atoms with E-state index in [1.54, 1.807) is 24.3 Å². The summed E-state index contributed by atoms with van der Waals surface area (Å²) in [5.74, 6) is -0.265. The van der Waals surface area contributed by atoms with Crippen LogP contribution in [0.2, 0.25) is 0 Å². The van der Waals surface area contributed by atoms with Crippen molar-refractivity contribution in [2.45, 2.75) is 18.3 Å². The molecule has 0 atom stereocenters. The van der Waals surface area contributed by atoms with Gasteiger partial charge in [-0.05, 0) is 17.7 Å². The number of ketones is 1. The van der Waals surface area contributed by atoms with E-state index in [2.05, 4.69) is 0 Å². The molecule has 0 spiro atoms. The SMILES string of the molecule is COC(=O)C1(c2ccc(N)cc2)CC(=O)C1. The summed E-state index contributed by atoms with van der Waals surface area (Å²) in [4.78, 5) is 22.9. The zero-order valence-corrected chi connectivity index (χ0v) is 9.03. The van der Waals surface area contributed by atoms with Gasteiger partial charge >= 0.3 is 5.97 Å². The molecular formula is C12H13NO3. The van der Waals surface area contributed by atoms with Crippen LogP contribution < -0.4 is 5.73 Å². The Bertz CT molecular complexity index is 428. The zero-order valence-electron chi connectivity index (χ0n) is 9.03. The Hall–Kier alpha value is -1.84. The van der Waals surface area contributed by atoms with E-state index >= 15 is 0 Å². The van der Waals surface area contributed by atoms with Crippen LogP contribution in [0, 0.1) is 0 Å². The molecule has 1 aromatic rings. The van der Waals surface area contributed by atoms with Crippen LogP contribution in [-0.2, 0) is 19.7 Å². The van der Waals surface area contributed by atoms with Crippen LogP contribution in [0.25, 0.3) is 0 Å². The van der Waals surface area contributed by atoms with Crippen LogP contribution in [0.5, 0.6) is 0 Å². The van der Waals surface area contributed by atoms with Gasteiger partial charge in [0.25, 0.3) is 0 Å². The van der Waals surface area contributed by atoms with Crippen LogP contribution in [0.3, 0.4) is 0 Å². The molecule has 1 aromatic carbocycles. The molecular weight excluding hydrogens is 206 g/mol. The lowest BCUT2D eigenvalue weighted by molar-refractivity contribution is -0.156. The highest BCUT2D eigenvalue weighted by Gasteiger charge is 2.52. The van der Waals surface area contributed by atoms with Gasteiger partial charge in [0.1, 0.15) is 11.2 Å². The van der Waals surface area contributed by atoms with Crippen LogP contribution in [-0.4, -0.2) is 18.9 Å². The number of hydrogen-bond acceptors (Lipinski definition) is 4.